The largest absolute Gasteiger partial charge is 0.454 e. The number of nitrogen functional groups attached to an aromatic ring is 1. The summed E-state index contributed by atoms with van der Waals surface area (Å²) in [6.45, 7) is -0.888. The first-order chi connectivity index (χ1) is 12.0. The fourth-order valence-corrected chi connectivity index (χ4v) is 2.85. The van der Waals surface area contributed by atoms with Gasteiger partial charge in [0.25, 0.3) is 0 Å². The van der Waals surface area contributed by atoms with Gasteiger partial charge in [0.15, 0.2) is 0 Å². The number of anilines is 3. The Morgan fingerprint density at radius 2 is 1.77 bits per heavy atom. The minimum atomic E-state index is -5.61. The van der Waals surface area contributed by atoms with Crippen LogP contribution in [-0.4, -0.2) is 45.0 Å². The first-order valence-electron chi connectivity index (χ1n) is 8.19. The topological polar surface area (TPSA) is 53.3 Å². The number of benzene rings is 1. The predicted molar refractivity (Wildman–Crippen MR) is 89.5 cm³/mol. The quantitative estimate of drug-likeness (QED) is 0.519. The van der Waals surface area contributed by atoms with Gasteiger partial charge in [0, 0.05) is 32.4 Å². The van der Waals surface area contributed by atoms with Crippen molar-refractivity contribution in [1.29, 1.82) is 0 Å². The number of rotatable bonds is 6. The van der Waals surface area contributed by atoms with Crippen molar-refractivity contribution in [2.75, 3.05) is 42.6 Å². The SMILES string of the molecule is CNc1cc(N2CCC(F)CC2)c(CNCC(F)(F)C(F)(F)F)cc1N. The van der Waals surface area contributed by atoms with Crippen LogP contribution in [0.3, 0.4) is 0 Å². The zero-order valence-corrected chi connectivity index (χ0v) is 14.3. The van der Waals surface area contributed by atoms with Gasteiger partial charge < -0.3 is 21.3 Å². The summed E-state index contributed by atoms with van der Waals surface area (Å²) in [6.07, 6.45) is -5.84. The molecule has 26 heavy (non-hydrogen) atoms. The molecule has 1 heterocycles. The van der Waals surface area contributed by atoms with Crippen LogP contribution in [-0.2, 0) is 6.54 Å². The lowest BCUT2D eigenvalue weighted by Gasteiger charge is -2.33. The van der Waals surface area contributed by atoms with Crippen molar-refractivity contribution in [3.8, 4) is 0 Å². The average molecular weight is 384 g/mol. The number of nitrogens with two attached hydrogens (primary N) is 1. The first-order valence-corrected chi connectivity index (χ1v) is 8.19. The highest BCUT2D eigenvalue weighted by molar-refractivity contribution is 5.75. The third-order valence-corrected chi connectivity index (χ3v) is 4.36. The maximum Gasteiger partial charge on any atom is 0.454 e. The van der Waals surface area contributed by atoms with Gasteiger partial charge in [-0.15, -0.1) is 0 Å². The molecule has 1 aromatic rings. The van der Waals surface area contributed by atoms with Gasteiger partial charge in [0.1, 0.15) is 6.17 Å². The van der Waals surface area contributed by atoms with E-state index in [1.54, 1.807) is 13.1 Å². The Morgan fingerprint density at radius 1 is 1.15 bits per heavy atom. The van der Waals surface area contributed by atoms with Crippen molar-refractivity contribution in [3.63, 3.8) is 0 Å². The number of hydrogen-bond donors (Lipinski definition) is 3. The van der Waals surface area contributed by atoms with Crippen LogP contribution in [0, 0.1) is 0 Å². The van der Waals surface area contributed by atoms with E-state index >= 15 is 0 Å². The lowest BCUT2D eigenvalue weighted by atomic mass is 10.0. The molecule has 1 aromatic carbocycles. The number of nitrogens with one attached hydrogen (secondary N) is 2. The molecule has 0 unspecified atom stereocenters. The van der Waals surface area contributed by atoms with E-state index in [0.717, 1.165) is 0 Å². The molecule has 0 spiro atoms. The molecule has 2 rings (SSSR count). The van der Waals surface area contributed by atoms with Crippen molar-refractivity contribution in [2.24, 2.45) is 0 Å². The van der Waals surface area contributed by atoms with Crippen molar-refractivity contribution in [3.05, 3.63) is 17.7 Å². The molecule has 0 aromatic heterocycles. The van der Waals surface area contributed by atoms with E-state index in [2.05, 4.69) is 10.6 Å². The Kier molecular flexibility index (Phi) is 6.15. The molecule has 1 fully saturated rings. The monoisotopic (exact) mass is 384 g/mol. The molecule has 0 radical (unpaired) electrons. The van der Waals surface area contributed by atoms with Gasteiger partial charge in [0.2, 0.25) is 0 Å². The molecule has 4 nitrogen and oxygen atoms in total. The van der Waals surface area contributed by atoms with Crippen LogP contribution in [0.5, 0.6) is 0 Å². The molecule has 1 aliphatic heterocycles. The third-order valence-electron chi connectivity index (χ3n) is 4.36. The summed E-state index contributed by atoms with van der Waals surface area (Å²) in [5.41, 5.74) is 7.95. The molecule has 0 amide bonds. The van der Waals surface area contributed by atoms with E-state index in [4.69, 9.17) is 5.73 Å². The van der Waals surface area contributed by atoms with Crippen molar-refractivity contribution >= 4 is 17.1 Å². The molecule has 0 saturated carbocycles. The van der Waals surface area contributed by atoms with E-state index in [9.17, 15) is 26.3 Å². The summed E-state index contributed by atoms with van der Waals surface area (Å²) in [7, 11) is 1.66. The lowest BCUT2D eigenvalue weighted by molar-refractivity contribution is -0.279. The van der Waals surface area contributed by atoms with Gasteiger partial charge in [0.05, 0.1) is 17.9 Å². The molecule has 0 bridgehead atoms. The second-order valence-electron chi connectivity index (χ2n) is 6.29. The van der Waals surface area contributed by atoms with E-state index in [1.165, 1.54) is 6.07 Å². The van der Waals surface area contributed by atoms with Crippen LogP contribution >= 0.6 is 0 Å². The van der Waals surface area contributed by atoms with E-state index < -0.39 is 24.8 Å². The lowest BCUT2D eigenvalue weighted by Crippen LogP contribution is -2.45. The predicted octanol–water partition coefficient (Wildman–Crippen LogP) is 3.54. The summed E-state index contributed by atoms with van der Waals surface area (Å²) in [4.78, 5) is 1.88. The van der Waals surface area contributed by atoms with Crippen molar-refractivity contribution < 1.29 is 26.3 Å². The molecule has 10 heteroatoms. The van der Waals surface area contributed by atoms with E-state index in [-0.39, 0.29) is 6.54 Å². The highest BCUT2D eigenvalue weighted by Crippen LogP contribution is 2.35. The van der Waals surface area contributed by atoms with Crippen LogP contribution in [0.25, 0.3) is 0 Å². The fraction of sp³-hybridized carbons (Fsp3) is 0.625. The number of halogens is 6. The Balaban J connectivity index is 2.17. The van der Waals surface area contributed by atoms with Crippen LogP contribution in [0.4, 0.5) is 43.4 Å². The molecule has 4 N–H and O–H groups in total. The smallest absolute Gasteiger partial charge is 0.397 e. The number of piperidine rings is 1. The number of nitrogens with zero attached hydrogens (tertiary/aromatic N) is 1. The normalized spacial score (nSPS) is 16.8. The summed E-state index contributed by atoms with van der Waals surface area (Å²) in [6, 6.07) is 3.23. The molecule has 0 aliphatic carbocycles. The average Bonchev–Trinajstić information content (AvgIpc) is 2.55. The minimum absolute atomic E-state index is 0.218. The third kappa shape index (κ3) is 4.66. The molecule has 1 aliphatic rings. The van der Waals surface area contributed by atoms with E-state index in [0.29, 0.717) is 48.6 Å². The number of alkyl halides is 6. The standard InChI is InChI=1S/C16H22F6N4/c1-24-13-7-14(26-4-2-11(17)3-5-26)10(6-12(13)23)8-25-9-15(18,19)16(20,21)22/h6-7,11,24-25H,2-5,8-9,23H2,1H3. The van der Waals surface area contributed by atoms with E-state index in [1.807, 2.05) is 4.90 Å². The molecular weight excluding hydrogens is 362 g/mol. The fourth-order valence-electron chi connectivity index (χ4n) is 2.85. The first kappa shape index (κ1) is 20.5. The maximum absolute atomic E-state index is 13.4. The van der Waals surface area contributed by atoms with Crippen LogP contribution in [0.2, 0.25) is 0 Å². The Labute approximate surface area is 147 Å². The zero-order chi connectivity index (χ0) is 19.5. The highest BCUT2D eigenvalue weighted by atomic mass is 19.4. The molecule has 1 saturated heterocycles. The molecular formula is C16H22F6N4. The van der Waals surface area contributed by atoms with Gasteiger partial charge >= 0.3 is 12.1 Å². The van der Waals surface area contributed by atoms with Crippen molar-refractivity contribution in [2.45, 2.75) is 37.7 Å². The van der Waals surface area contributed by atoms with Crippen LogP contribution in [0.1, 0.15) is 18.4 Å². The molecule has 0 atom stereocenters. The highest BCUT2D eigenvalue weighted by Gasteiger charge is 2.56. The summed E-state index contributed by atoms with van der Waals surface area (Å²) in [5, 5.41) is 5.05. The maximum atomic E-state index is 13.4. The summed E-state index contributed by atoms with van der Waals surface area (Å²) in [5.74, 6) is -4.82. The second kappa shape index (κ2) is 7.81. The summed E-state index contributed by atoms with van der Waals surface area (Å²) >= 11 is 0. The zero-order valence-electron chi connectivity index (χ0n) is 14.3. The van der Waals surface area contributed by atoms with Gasteiger partial charge in [-0.2, -0.15) is 22.0 Å². The minimum Gasteiger partial charge on any atom is -0.397 e. The van der Waals surface area contributed by atoms with Gasteiger partial charge in [-0.1, -0.05) is 0 Å². The van der Waals surface area contributed by atoms with Crippen LogP contribution < -0.4 is 21.3 Å². The Hall–Kier alpha value is -1.84. The summed E-state index contributed by atoms with van der Waals surface area (Å²) < 4.78 is 76.3. The van der Waals surface area contributed by atoms with Crippen molar-refractivity contribution in [1.82, 2.24) is 5.32 Å². The molecule has 148 valence electrons. The second-order valence-corrected chi connectivity index (χ2v) is 6.29. The number of hydrogen-bond acceptors (Lipinski definition) is 4. The van der Waals surface area contributed by atoms with Gasteiger partial charge in [-0.3, -0.25) is 0 Å². The van der Waals surface area contributed by atoms with Gasteiger partial charge in [-0.05, 0) is 30.5 Å². The van der Waals surface area contributed by atoms with Gasteiger partial charge in [-0.25, -0.2) is 4.39 Å². The Morgan fingerprint density at radius 3 is 2.31 bits per heavy atom. The van der Waals surface area contributed by atoms with Crippen LogP contribution in [0.15, 0.2) is 12.1 Å². The Bertz CT molecular complexity index is 611.